The van der Waals surface area contributed by atoms with Crippen LogP contribution in [0.15, 0.2) is 21.4 Å². The minimum atomic E-state index is -0.0643. The molecule has 0 aliphatic heterocycles. The molecule has 2 N–H and O–H groups in total. The van der Waals surface area contributed by atoms with Crippen LogP contribution in [-0.2, 0) is 0 Å². The van der Waals surface area contributed by atoms with Crippen LogP contribution in [0.4, 0.5) is 0 Å². The average Bonchev–Trinajstić information content (AvgIpc) is 2.47. The molecule has 0 fully saturated rings. The summed E-state index contributed by atoms with van der Waals surface area (Å²) in [6.07, 6.45) is 2.27. The number of nitrogens with two attached hydrogens (primary N) is 1. The van der Waals surface area contributed by atoms with Crippen LogP contribution in [0.2, 0.25) is 0 Å². The standard InChI is InChI=1S/C9H10BrNO/c1-2-3-4-8(11)7-5-6-12-9(7)10/h5-6,8H,4,11H2,1H3. The lowest BCUT2D eigenvalue weighted by Crippen LogP contribution is -2.08. The van der Waals surface area contributed by atoms with Crippen molar-refractivity contribution in [2.24, 2.45) is 5.73 Å². The average molecular weight is 228 g/mol. The third kappa shape index (κ3) is 2.13. The summed E-state index contributed by atoms with van der Waals surface area (Å²) in [6, 6.07) is 1.79. The molecular weight excluding hydrogens is 218 g/mol. The van der Waals surface area contributed by atoms with Crippen molar-refractivity contribution in [3.05, 3.63) is 22.6 Å². The number of rotatable bonds is 2. The summed E-state index contributed by atoms with van der Waals surface area (Å²) in [4.78, 5) is 0. The first kappa shape index (κ1) is 9.37. The van der Waals surface area contributed by atoms with E-state index in [-0.39, 0.29) is 6.04 Å². The monoisotopic (exact) mass is 227 g/mol. The zero-order valence-corrected chi connectivity index (χ0v) is 8.39. The Kier molecular flexibility index (Phi) is 3.39. The highest BCUT2D eigenvalue weighted by Gasteiger charge is 2.10. The number of hydrogen-bond donors (Lipinski definition) is 1. The van der Waals surface area contributed by atoms with Gasteiger partial charge in [-0.2, -0.15) is 0 Å². The molecule has 0 amide bonds. The van der Waals surface area contributed by atoms with Crippen molar-refractivity contribution in [3.63, 3.8) is 0 Å². The van der Waals surface area contributed by atoms with Gasteiger partial charge in [0, 0.05) is 18.0 Å². The second kappa shape index (κ2) is 4.34. The van der Waals surface area contributed by atoms with E-state index in [2.05, 4.69) is 27.8 Å². The lowest BCUT2D eigenvalue weighted by molar-refractivity contribution is 0.532. The Labute approximate surface area is 80.3 Å². The highest BCUT2D eigenvalue weighted by molar-refractivity contribution is 9.10. The first-order chi connectivity index (χ1) is 5.75. The predicted molar refractivity (Wildman–Crippen MR) is 51.4 cm³/mol. The Bertz CT molecular complexity index is 308. The fraction of sp³-hybridized carbons (Fsp3) is 0.333. The maximum Gasteiger partial charge on any atom is 0.173 e. The molecule has 0 aliphatic carbocycles. The normalized spacial score (nSPS) is 11.9. The maximum atomic E-state index is 5.83. The van der Waals surface area contributed by atoms with Gasteiger partial charge in [-0.1, -0.05) is 0 Å². The summed E-state index contributed by atoms with van der Waals surface area (Å²) in [7, 11) is 0. The van der Waals surface area contributed by atoms with Gasteiger partial charge in [0.15, 0.2) is 4.67 Å². The minimum absolute atomic E-state index is 0.0643. The van der Waals surface area contributed by atoms with Crippen LogP contribution in [-0.4, -0.2) is 0 Å². The molecule has 3 heteroatoms. The van der Waals surface area contributed by atoms with Crippen molar-refractivity contribution < 1.29 is 4.42 Å². The van der Waals surface area contributed by atoms with Gasteiger partial charge >= 0.3 is 0 Å². The molecule has 0 saturated carbocycles. The molecule has 1 aromatic rings. The number of hydrogen-bond acceptors (Lipinski definition) is 2. The zero-order chi connectivity index (χ0) is 8.97. The molecule has 1 rings (SSSR count). The fourth-order valence-electron chi connectivity index (χ4n) is 0.892. The summed E-state index contributed by atoms with van der Waals surface area (Å²) in [6.45, 7) is 1.80. The molecule has 0 bridgehead atoms. The second-order valence-electron chi connectivity index (χ2n) is 2.39. The number of halogens is 1. The van der Waals surface area contributed by atoms with Crippen molar-refractivity contribution >= 4 is 15.9 Å². The van der Waals surface area contributed by atoms with Crippen molar-refractivity contribution in [2.75, 3.05) is 0 Å². The molecule has 12 heavy (non-hydrogen) atoms. The summed E-state index contributed by atoms with van der Waals surface area (Å²) in [5.41, 5.74) is 6.80. The van der Waals surface area contributed by atoms with E-state index in [9.17, 15) is 0 Å². The maximum absolute atomic E-state index is 5.83. The van der Waals surface area contributed by atoms with E-state index in [1.54, 1.807) is 13.2 Å². The third-order valence-corrected chi connectivity index (χ3v) is 2.19. The topological polar surface area (TPSA) is 39.2 Å². The number of furan rings is 1. The van der Waals surface area contributed by atoms with Crippen molar-refractivity contribution in [1.29, 1.82) is 0 Å². The molecule has 0 spiro atoms. The van der Waals surface area contributed by atoms with Crippen molar-refractivity contribution in [2.45, 2.75) is 19.4 Å². The lowest BCUT2D eigenvalue weighted by atomic mass is 10.1. The molecule has 1 aromatic heterocycles. The minimum Gasteiger partial charge on any atom is -0.457 e. The predicted octanol–water partition coefficient (Wildman–Crippen LogP) is 2.46. The van der Waals surface area contributed by atoms with E-state index in [0.29, 0.717) is 11.1 Å². The SMILES string of the molecule is CC#CCC(N)c1ccoc1Br. The third-order valence-electron chi connectivity index (χ3n) is 1.54. The van der Waals surface area contributed by atoms with Gasteiger partial charge in [0.25, 0.3) is 0 Å². The molecule has 64 valence electrons. The Balaban J connectivity index is 2.68. The molecule has 0 aromatic carbocycles. The van der Waals surface area contributed by atoms with E-state index in [4.69, 9.17) is 10.2 Å². The largest absolute Gasteiger partial charge is 0.457 e. The van der Waals surface area contributed by atoms with E-state index in [0.717, 1.165) is 5.56 Å². The van der Waals surface area contributed by atoms with Gasteiger partial charge in [0.05, 0.1) is 6.26 Å². The summed E-state index contributed by atoms with van der Waals surface area (Å²) in [5, 5.41) is 0. The molecule has 1 unspecified atom stereocenters. The van der Waals surface area contributed by atoms with Gasteiger partial charge in [-0.25, -0.2) is 0 Å². The quantitative estimate of drug-likeness (QED) is 0.789. The smallest absolute Gasteiger partial charge is 0.173 e. The van der Waals surface area contributed by atoms with Crippen LogP contribution in [0.3, 0.4) is 0 Å². The fourth-order valence-corrected chi connectivity index (χ4v) is 1.43. The van der Waals surface area contributed by atoms with Crippen LogP contribution < -0.4 is 5.73 Å². The highest BCUT2D eigenvalue weighted by Crippen LogP contribution is 2.24. The summed E-state index contributed by atoms with van der Waals surface area (Å²) >= 11 is 3.26. The molecule has 0 aliphatic rings. The second-order valence-corrected chi connectivity index (χ2v) is 3.11. The Hall–Kier alpha value is -0.720. The molecule has 1 heterocycles. The Morgan fingerprint density at radius 1 is 1.75 bits per heavy atom. The van der Waals surface area contributed by atoms with Gasteiger partial charge in [0.1, 0.15) is 0 Å². The van der Waals surface area contributed by atoms with Gasteiger partial charge in [-0.05, 0) is 28.9 Å². The summed E-state index contributed by atoms with van der Waals surface area (Å²) in [5.74, 6) is 5.73. The van der Waals surface area contributed by atoms with Gasteiger partial charge < -0.3 is 10.2 Å². The zero-order valence-electron chi connectivity index (χ0n) is 6.80. The van der Waals surface area contributed by atoms with E-state index < -0.39 is 0 Å². The van der Waals surface area contributed by atoms with Crippen LogP contribution in [0.25, 0.3) is 0 Å². The van der Waals surface area contributed by atoms with Gasteiger partial charge in [0.2, 0.25) is 0 Å². The van der Waals surface area contributed by atoms with E-state index in [1.165, 1.54) is 0 Å². The molecule has 2 nitrogen and oxygen atoms in total. The molecular formula is C9H10BrNO. The highest BCUT2D eigenvalue weighted by atomic mass is 79.9. The summed E-state index contributed by atoms with van der Waals surface area (Å²) < 4.78 is 5.76. The Morgan fingerprint density at radius 2 is 2.50 bits per heavy atom. The van der Waals surface area contributed by atoms with Crippen molar-refractivity contribution in [3.8, 4) is 11.8 Å². The van der Waals surface area contributed by atoms with E-state index in [1.807, 2.05) is 6.07 Å². The van der Waals surface area contributed by atoms with Crippen LogP contribution in [0.1, 0.15) is 24.9 Å². The van der Waals surface area contributed by atoms with Gasteiger partial charge in [-0.15, -0.1) is 11.8 Å². The lowest BCUT2D eigenvalue weighted by Gasteiger charge is -2.04. The first-order valence-electron chi connectivity index (χ1n) is 3.63. The van der Waals surface area contributed by atoms with Crippen LogP contribution >= 0.6 is 15.9 Å². The molecule has 0 saturated heterocycles. The van der Waals surface area contributed by atoms with Crippen LogP contribution in [0.5, 0.6) is 0 Å². The first-order valence-corrected chi connectivity index (χ1v) is 4.43. The van der Waals surface area contributed by atoms with Gasteiger partial charge in [-0.3, -0.25) is 0 Å². The van der Waals surface area contributed by atoms with E-state index >= 15 is 0 Å². The van der Waals surface area contributed by atoms with Crippen molar-refractivity contribution in [1.82, 2.24) is 0 Å². The molecule has 0 radical (unpaired) electrons. The van der Waals surface area contributed by atoms with Crippen LogP contribution in [0, 0.1) is 11.8 Å². The molecule has 1 atom stereocenters. The Morgan fingerprint density at radius 3 is 3.00 bits per heavy atom.